The van der Waals surface area contributed by atoms with Gasteiger partial charge in [-0.2, -0.15) is 11.3 Å². The third-order valence-corrected chi connectivity index (χ3v) is 4.60. The molecule has 0 saturated carbocycles. The number of nitrogens with zero attached hydrogens (tertiary/aromatic N) is 1. The van der Waals surface area contributed by atoms with Gasteiger partial charge in [-0.15, -0.1) is 0 Å². The van der Waals surface area contributed by atoms with E-state index in [0.29, 0.717) is 6.54 Å². The van der Waals surface area contributed by atoms with Crippen LogP contribution >= 0.6 is 23.6 Å². The molecule has 0 aliphatic heterocycles. The fourth-order valence-electron chi connectivity index (χ4n) is 1.03. The molecular formula is C8H12N2O2S3. The molecule has 15 heavy (non-hydrogen) atoms. The second-order valence-corrected chi connectivity index (χ2v) is 6.49. The lowest BCUT2D eigenvalue weighted by Crippen LogP contribution is -2.33. The summed E-state index contributed by atoms with van der Waals surface area (Å²) in [5.41, 5.74) is 6.18. The van der Waals surface area contributed by atoms with Crippen LogP contribution in [-0.4, -0.2) is 30.5 Å². The van der Waals surface area contributed by atoms with Crippen LogP contribution in [0.5, 0.6) is 0 Å². The Hall–Kier alpha value is -0.500. The van der Waals surface area contributed by atoms with Crippen LogP contribution in [0.25, 0.3) is 0 Å². The summed E-state index contributed by atoms with van der Waals surface area (Å²) in [6.07, 6.45) is 0. The molecule has 1 aromatic heterocycles. The first-order chi connectivity index (χ1) is 6.92. The summed E-state index contributed by atoms with van der Waals surface area (Å²) >= 11 is 6.12. The van der Waals surface area contributed by atoms with Crippen LogP contribution in [0.1, 0.15) is 5.56 Å². The largest absolute Gasteiger partial charge is 0.392 e. The van der Waals surface area contributed by atoms with Gasteiger partial charge in [-0.3, -0.25) is 0 Å². The lowest BCUT2D eigenvalue weighted by Gasteiger charge is -2.15. The predicted octanol–water partition coefficient (Wildman–Crippen LogP) is 0.796. The minimum Gasteiger partial charge on any atom is -0.392 e. The molecule has 0 spiro atoms. The Labute approximate surface area is 98.8 Å². The Morgan fingerprint density at radius 2 is 2.33 bits per heavy atom. The molecule has 0 saturated heterocycles. The van der Waals surface area contributed by atoms with Crippen LogP contribution in [-0.2, 0) is 16.6 Å². The van der Waals surface area contributed by atoms with Crippen molar-refractivity contribution in [2.45, 2.75) is 6.54 Å². The highest BCUT2D eigenvalue weighted by Gasteiger charge is 2.18. The Morgan fingerprint density at radius 1 is 1.67 bits per heavy atom. The average Bonchev–Trinajstić information content (AvgIpc) is 2.54. The van der Waals surface area contributed by atoms with Gasteiger partial charge in [0.15, 0.2) is 0 Å². The summed E-state index contributed by atoms with van der Waals surface area (Å²) in [4.78, 5) is -0.00725. The monoisotopic (exact) mass is 264 g/mol. The molecule has 0 aromatic carbocycles. The topological polar surface area (TPSA) is 63.4 Å². The first-order valence-electron chi connectivity index (χ1n) is 4.15. The maximum atomic E-state index is 11.6. The van der Waals surface area contributed by atoms with Gasteiger partial charge in [-0.25, -0.2) is 12.7 Å². The van der Waals surface area contributed by atoms with Crippen molar-refractivity contribution in [2.75, 3.05) is 12.8 Å². The zero-order chi connectivity index (χ0) is 11.5. The summed E-state index contributed by atoms with van der Waals surface area (Å²) in [6.45, 7) is 0.356. The lowest BCUT2D eigenvalue weighted by atomic mass is 10.3. The van der Waals surface area contributed by atoms with E-state index in [-0.39, 0.29) is 10.7 Å². The summed E-state index contributed by atoms with van der Waals surface area (Å²) in [7, 11) is -1.84. The molecule has 0 fully saturated rings. The molecule has 84 valence electrons. The van der Waals surface area contributed by atoms with E-state index in [0.717, 1.165) is 5.56 Å². The highest BCUT2D eigenvalue weighted by molar-refractivity contribution is 7.92. The molecule has 0 aliphatic rings. The minimum absolute atomic E-state index is 0.00725. The Kier molecular flexibility index (Phi) is 4.21. The molecule has 0 radical (unpaired) electrons. The van der Waals surface area contributed by atoms with Gasteiger partial charge in [0.25, 0.3) is 0 Å². The normalized spacial score (nSPS) is 11.9. The number of hydrogen-bond acceptors (Lipinski definition) is 4. The summed E-state index contributed by atoms with van der Waals surface area (Å²) < 4.78 is 24.5. The van der Waals surface area contributed by atoms with Gasteiger partial charge in [0.05, 0.1) is 4.99 Å². The molecule has 2 N–H and O–H groups in total. The van der Waals surface area contributed by atoms with Gasteiger partial charge in [0, 0.05) is 13.6 Å². The van der Waals surface area contributed by atoms with Crippen LogP contribution in [0.2, 0.25) is 0 Å². The van der Waals surface area contributed by atoms with E-state index in [4.69, 9.17) is 5.73 Å². The van der Waals surface area contributed by atoms with Crippen molar-refractivity contribution in [1.29, 1.82) is 0 Å². The first kappa shape index (κ1) is 12.6. The summed E-state index contributed by atoms with van der Waals surface area (Å²) in [5.74, 6) is -0.275. The summed E-state index contributed by atoms with van der Waals surface area (Å²) in [5, 5.41) is 3.82. The number of thiocarbonyl (C=S) groups is 1. The van der Waals surface area contributed by atoms with Crippen molar-refractivity contribution in [3.63, 3.8) is 0 Å². The molecule has 1 rings (SSSR count). The smallest absolute Gasteiger partial charge is 0.220 e. The average molecular weight is 264 g/mol. The molecule has 0 amide bonds. The molecule has 4 nitrogen and oxygen atoms in total. The maximum Gasteiger partial charge on any atom is 0.220 e. The van der Waals surface area contributed by atoms with E-state index in [1.807, 2.05) is 16.8 Å². The summed E-state index contributed by atoms with van der Waals surface area (Å²) in [6, 6.07) is 1.89. The SMILES string of the molecule is CN(Cc1ccsc1)S(=O)(=O)CC(N)=S. The van der Waals surface area contributed by atoms with E-state index >= 15 is 0 Å². The number of hydrogen-bond donors (Lipinski definition) is 1. The van der Waals surface area contributed by atoms with E-state index < -0.39 is 10.0 Å². The van der Waals surface area contributed by atoms with Crippen LogP contribution in [0, 0.1) is 0 Å². The van der Waals surface area contributed by atoms with Crippen LogP contribution in [0.3, 0.4) is 0 Å². The van der Waals surface area contributed by atoms with Crippen molar-refractivity contribution in [3.8, 4) is 0 Å². The van der Waals surface area contributed by atoms with Gasteiger partial charge in [-0.05, 0) is 22.4 Å². The van der Waals surface area contributed by atoms with Crippen molar-refractivity contribution < 1.29 is 8.42 Å². The minimum atomic E-state index is -3.36. The van der Waals surface area contributed by atoms with Crippen LogP contribution in [0.4, 0.5) is 0 Å². The number of rotatable bonds is 5. The van der Waals surface area contributed by atoms with Gasteiger partial charge in [0.2, 0.25) is 10.0 Å². The highest BCUT2D eigenvalue weighted by atomic mass is 32.2. The van der Waals surface area contributed by atoms with Gasteiger partial charge in [-0.1, -0.05) is 12.2 Å². The Balaban J connectivity index is 2.68. The number of nitrogens with two attached hydrogens (primary N) is 1. The Morgan fingerprint density at radius 3 is 2.80 bits per heavy atom. The van der Waals surface area contributed by atoms with E-state index in [1.165, 1.54) is 22.7 Å². The number of sulfonamides is 1. The molecule has 7 heteroatoms. The third-order valence-electron chi connectivity index (χ3n) is 1.78. The fourth-order valence-corrected chi connectivity index (χ4v) is 3.06. The van der Waals surface area contributed by atoms with Crippen LogP contribution < -0.4 is 5.73 Å². The standard InChI is InChI=1S/C8H12N2O2S3/c1-10(4-7-2-3-14-5-7)15(11,12)6-8(9)13/h2-3,5H,4,6H2,1H3,(H2,9,13). The molecular weight excluding hydrogens is 252 g/mol. The second kappa shape index (κ2) is 5.02. The molecule has 0 bridgehead atoms. The van der Waals surface area contributed by atoms with E-state index in [2.05, 4.69) is 12.2 Å². The molecule has 0 unspecified atom stereocenters. The molecule has 0 atom stereocenters. The van der Waals surface area contributed by atoms with Gasteiger partial charge >= 0.3 is 0 Å². The van der Waals surface area contributed by atoms with E-state index in [1.54, 1.807) is 0 Å². The third kappa shape index (κ3) is 3.86. The predicted molar refractivity (Wildman–Crippen MR) is 66.4 cm³/mol. The fraction of sp³-hybridized carbons (Fsp3) is 0.375. The highest BCUT2D eigenvalue weighted by Crippen LogP contribution is 2.11. The first-order valence-corrected chi connectivity index (χ1v) is 7.11. The van der Waals surface area contributed by atoms with Crippen molar-refractivity contribution in [3.05, 3.63) is 22.4 Å². The molecule has 0 aliphatic carbocycles. The Bertz CT molecular complexity index is 425. The lowest BCUT2D eigenvalue weighted by molar-refractivity contribution is 0.471. The quantitative estimate of drug-likeness (QED) is 0.799. The molecule has 1 aromatic rings. The molecule has 1 heterocycles. The van der Waals surface area contributed by atoms with Crippen molar-refractivity contribution >= 4 is 38.6 Å². The second-order valence-electron chi connectivity index (χ2n) is 3.11. The maximum absolute atomic E-state index is 11.6. The van der Waals surface area contributed by atoms with Gasteiger partial charge in [0.1, 0.15) is 5.75 Å². The van der Waals surface area contributed by atoms with Crippen molar-refractivity contribution in [1.82, 2.24) is 4.31 Å². The zero-order valence-electron chi connectivity index (χ0n) is 8.21. The van der Waals surface area contributed by atoms with Gasteiger partial charge < -0.3 is 5.73 Å². The van der Waals surface area contributed by atoms with E-state index in [9.17, 15) is 8.42 Å². The number of thiophene rings is 1. The zero-order valence-corrected chi connectivity index (χ0v) is 10.7. The van der Waals surface area contributed by atoms with Crippen LogP contribution in [0.15, 0.2) is 16.8 Å². The van der Waals surface area contributed by atoms with Crippen molar-refractivity contribution in [2.24, 2.45) is 5.73 Å².